The Labute approximate surface area is 160 Å². The van der Waals surface area contributed by atoms with Gasteiger partial charge in [-0.05, 0) is 56.4 Å². The molecule has 1 heterocycles. The number of carbonyl (C=O) groups is 2. The predicted octanol–water partition coefficient (Wildman–Crippen LogP) is 3.82. The molecule has 4 nitrogen and oxygen atoms in total. The van der Waals surface area contributed by atoms with Crippen LogP contribution in [0, 0.1) is 13.8 Å². The Morgan fingerprint density at radius 3 is 2.04 bits per heavy atom. The van der Waals surface area contributed by atoms with Gasteiger partial charge in [-0.1, -0.05) is 36.4 Å². The number of hydrogen-bond acceptors (Lipinski definition) is 2. The van der Waals surface area contributed by atoms with Gasteiger partial charge in [-0.25, -0.2) is 0 Å². The summed E-state index contributed by atoms with van der Waals surface area (Å²) >= 11 is 0. The highest BCUT2D eigenvalue weighted by Crippen LogP contribution is 2.33. The van der Waals surface area contributed by atoms with Crippen molar-refractivity contribution in [1.82, 2.24) is 9.80 Å². The van der Waals surface area contributed by atoms with E-state index in [1.165, 1.54) is 0 Å². The summed E-state index contributed by atoms with van der Waals surface area (Å²) in [5.74, 6) is 0.195. The van der Waals surface area contributed by atoms with Crippen LogP contribution in [0.1, 0.15) is 51.1 Å². The fourth-order valence-electron chi connectivity index (χ4n) is 4.07. The Morgan fingerprint density at radius 1 is 0.852 bits per heavy atom. The Bertz CT molecular complexity index is 872. The van der Waals surface area contributed by atoms with Crippen molar-refractivity contribution in [2.24, 2.45) is 0 Å². The van der Waals surface area contributed by atoms with Crippen LogP contribution >= 0.6 is 0 Å². The predicted molar refractivity (Wildman–Crippen MR) is 106 cm³/mol. The van der Waals surface area contributed by atoms with Crippen molar-refractivity contribution in [2.45, 2.75) is 45.2 Å². The van der Waals surface area contributed by atoms with Crippen molar-refractivity contribution in [3.8, 4) is 0 Å². The molecule has 0 unspecified atom stereocenters. The van der Waals surface area contributed by atoms with Gasteiger partial charge in [-0.3, -0.25) is 9.59 Å². The van der Waals surface area contributed by atoms with E-state index < -0.39 is 0 Å². The summed E-state index contributed by atoms with van der Waals surface area (Å²) in [4.78, 5) is 30.2. The Balaban J connectivity index is 1.52. The highest BCUT2D eigenvalue weighted by molar-refractivity contribution is 5.97. The van der Waals surface area contributed by atoms with E-state index in [9.17, 15) is 9.59 Å². The van der Waals surface area contributed by atoms with E-state index in [-0.39, 0.29) is 17.9 Å². The second-order valence-corrected chi connectivity index (χ2v) is 7.77. The molecule has 2 fully saturated rings. The molecular weight excluding hydrogens is 336 g/mol. The van der Waals surface area contributed by atoms with E-state index in [1.807, 2.05) is 67.3 Å². The van der Waals surface area contributed by atoms with Gasteiger partial charge in [0, 0.05) is 30.3 Å². The average molecular weight is 362 g/mol. The van der Waals surface area contributed by atoms with Crippen molar-refractivity contribution in [3.05, 3.63) is 70.8 Å². The lowest BCUT2D eigenvalue weighted by Gasteiger charge is -2.30. The third-order valence-electron chi connectivity index (χ3n) is 5.77. The molecule has 1 aliphatic carbocycles. The van der Waals surface area contributed by atoms with E-state index in [2.05, 4.69) is 4.90 Å². The zero-order chi connectivity index (χ0) is 19.0. The number of amides is 2. The molecule has 2 amide bonds. The molecule has 4 heteroatoms. The fraction of sp³-hybridized carbons (Fsp3) is 0.391. The van der Waals surface area contributed by atoms with E-state index in [4.69, 9.17) is 0 Å². The normalized spacial score (nSPS) is 19.2. The molecular formula is C23H26N2O2. The summed E-state index contributed by atoms with van der Waals surface area (Å²) in [5.41, 5.74) is 3.56. The molecule has 0 bridgehead atoms. The number of nitrogens with zero attached hydrogens (tertiary/aromatic N) is 2. The summed E-state index contributed by atoms with van der Waals surface area (Å²) in [6.45, 7) is 5.29. The van der Waals surface area contributed by atoms with Crippen LogP contribution in [0.5, 0.6) is 0 Å². The molecule has 1 saturated heterocycles. The summed E-state index contributed by atoms with van der Waals surface area (Å²) in [7, 11) is 0. The van der Waals surface area contributed by atoms with Gasteiger partial charge in [0.1, 0.15) is 0 Å². The molecule has 140 valence electrons. The molecule has 2 aromatic carbocycles. The SMILES string of the molecule is Cc1ccccc1C(=O)N1CC[C@@H](N(C(=O)c2ccccc2C)C2CC2)C1. The van der Waals surface area contributed by atoms with Crippen molar-refractivity contribution in [3.63, 3.8) is 0 Å². The maximum absolute atomic E-state index is 13.3. The molecule has 27 heavy (non-hydrogen) atoms. The smallest absolute Gasteiger partial charge is 0.254 e. The number of aryl methyl sites for hydroxylation is 2. The molecule has 2 aromatic rings. The fourth-order valence-corrected chi connectivity index (χ4v) is 4.07. The van der Waals surface area contributed by atoms with Crippen LogP contribution < -0.4 is 0 Å². The van der Waals surface area contributed by atoms with E-state index >= 15 is 0 Å². The van der Waals surface area contributed by atoms with Crippen LogP contribution in [0.2, 0.25) is 0 Å². The topological polar surface area (TPSA) is 40.6 Å². The Hall–Kier alpha value is -2.62. The molecule has 0 aromatic heterocycles. The van der Waals surface area contributed by atoms with Gasteiger partial charge in [0.25, 0.3) is 11.8 Å². The number of benzene rings is 2. The lowest BCUT2D eigenvalue weighted by molar-refractivity contribution is 0.0640. The van der Waals surface area contributed by atoms with Gasteiger partial charge in [0.2, 0.25) is 0 Å². The summed E-state index contributed by atoms with van der Waals surface area (Å²) in [5, 5.41) is 0. The standard InChI is InChI=1S/C23H26N2O2/c1-16-7-3-5-9-20(16)22(26)24-14-13-19(15-24)25(18-11-12-18)23(27)21-10-6-4-8-17(21)2/h3-10,18-19H,11-15H2,1-2H3/t19-/m1/s1. The van der Waals surface area contributed by atoms with Crippen LogP contribution in [0.3, 0.4) is 0 Å². The van der Waals surface area contributed by atoms with E-state index in [0.29, 0.717) is 19.1 Å². The largest absolute Gasteiger partial charge is 0.336 e. The third-order valence-corrected chi connectivity index (χ3v) is 5.77. The van der Waals surface area contributed by atoms with E-state index in [0.717, 1.165) is 41.5 Å². The summed E-state index contributed by atoms with van der Waals surface area (Å²) in [6, 6.07) is 16.0. The lowest BCUT2D eigenvalue weighted by Crippen LogP contribution is -2.44. The molecule has 4 rings (SSSR count). The maximum atomic E-state index is 13.3. The van der Waals surface area contributed by atoms with Crippen LogP contribution in [0.25, 0.3) is 0 Å². The van der Waals surface area contributed by atoms with Crippen LogP contribution in [-0.2, 0) is 0 Å². The van der Waals surface area contributed by atoms with Gasteiger partial charge >= 0.3 is 0 Å². The van der Waals surface area contributed by atoms with E-state index in [1.54, 1.807) is 0 Å². The highest BCUT2D eigenvalue weighted by Gasteiger charge is 2.41. The second-order valence-electron chi connectivity index (χ2n) is 7.77. The number of rotatable bonds is 4. The number of carbonyl (C=O) groups excluding carboxylic acids is 2. The quantitative estimate of drug-likeness (QED) is 0.829. The first-order chi connectivity index (χ1) is 13.1. The molecule has 1 aliphatic heterocycles. The third kappa shape index (κ3) is 3.48. The van der Waals surface area contributed by atoms with Gasteiger partial charge < -0.3 is 9.80 Å². The summed E-state index contributed by atoms with van der Waals surface area (Å²) in [6.07, 6.45) is 2.99. The first kappa shape index (κ1) is 17.8. The monoisotopic (exact) mass is 362 g/mol. The molecule has 2 aliphatic rings. The van der Waals surface area contributed by atoms with Gasteiger partial charge in [-0.2, -0.15) is 0 Å². The first-order valence-corrected chi connectivity index (χ1v) is 9.79. The summed E-state index contributed by atoms with van der Waals surface area (Å²) < 4.78 is 0. The zero-order valence-corrected chi connectivity index (χ0v) is 16.0. The minimum Gasteiger partial charge on any atom is -0.336 e. The minimum absolute atomic E-state index is 0.0784. The molecule has 0 radical (unpaired) electrons. The molecule has 0 N–H and O–H groups in total. The second kappa shape index (κ2) is 7.18. The molecule has 1 saturated carbocycles. The first-order valence-electron chi connectivity index (χ1n) is 9.79. The van der Waals surface area contributed by atoms with Crippen molar-refractivity contribution in [2.75, 3.05) is 13.1 Å². The molecule has 1 atom stereocenters. The van der Waals surface area contributed by atoms with Crippen molar-refractivity contribution >= 4 is 11.8 Å². The highest BCUT2D eigenvalue weighted by atomic mass is 16.2. The molecule has 0 spiro atoms. The van der Waals surface area contributed by atoms with Crippen LogP contribution in [-0.4, -0.2) is 46.8 Å². The Morgan fingerprint density at radius 2 is 1.44 bits per heavy atom. The Kier molecular flexibility index (Phi) is 4.73. The lowest BCUT2D eigenvalue weighted by atomic mass is 10.1. The van der Waals surface area contributed by atoms with Gasteiger partial charge in [0.05, 0.1) is 6.04 Å². The van der Waals surface area contributed by atoms with Crippen LogP contribution in [0.4, 0.5) is 0 Å². The van der Waals surface area contributed by atoms with Gasteiger partial charge in [-0.15, -0.1) is 0 Å². The number of hydrogen-bond donors (Lipinski definition) is 0. The van der Waals surface area contributed by atoms with Gasteiger partial charge in [0.15, 0.2) is 0 Å². The van der Waals surface area contributed by atoms with Crippen LogP contribution in [0.15, 0.2) is 48.5 Å². The minimum atomic E-state index is 0.0784. The zero-order valence-electron chi connectivity index (χ0n) is 16.0. The van der Waals surface area contributed by atoms with Crippen molar-refractivity contribution < 1.29 is 9.59 Å². The van der Waals surface area contributed by atoms with Crippen molar-refractivity contribution in [1.29, 1.82) is 0 Å². The number of likely N-dealkylation sites (tertiary alicyclic amines) is 1. The maximum Gasteiger partial charge on any atom is 0.254 e. The average Bonchev–Trinajstić information content (AvgIpc) is 3.38.